The van der Waals surface area contributed by atoms with Crippen LogP contribution in [0.3, 0.4) is 0 Å². The predicted molar refractivity (Wildman–Crippen MR) is 76.6 cm³/mol. The first-order valence-electron chi connectivity index (χ1n) is 6.58. The highest BCUT2D eigenvalue weighted by molar-refractivity contribution is 5.91. The zero-order valence-electron chi connectivity index (χ0n) is 11.6. The number of likely N-dealkylation sites (N-methyl/N-ethyl adjacent to an activating group) is 1. The second-order valence-corrected chi connectivity index (χ2v) is 4.75. The first-order valence-corrected chi connectivity index (χ1v) is 6.58. The van der Waals surface area contributed by atoms with Gasteiger partial charge in [-0.25, -0.2) is 0 Å². The Balaban J connectivity index is 2.25. The van der Waals surface area contributed by atoms with Crippen molar-refractivity contribution in [2.75, 3.05) is 13.1 Å². The molecular formula is C15H18N2O3. The minimum Gasteiger partial charge on any atom is -0.480 e. The summed E-state index contributed by atoms with van der Waals surface area (Å²) in [6.07, 6.45) is 0.219. The van der Waals surface area contributed by atoms with E-state index in [0.29, 0.717) is 6.54 Å². The van der Waals surface area contributed by atoms with E-state index in [4.69, 9.17) is 5.11 Å². The van der Waals surface area contributed by atoms with Crippen molar-refractivity contribution in [3.8, 4) is 0 Å². The van der Waals surface area contributed by atoms with Crippen LogP contribution in [0.5, 0.6) is 0 Å². The minimum atomic E-state index is -0.990. The summed E-state index contributed by atoms with van der Waals surface area (Å²) in [5.41, 5.74) is 2.88. The van der Waals surface area contributed by atoms with Crippen LogP contribution in [0.4, 0.5) is 0 Å². The summed E-state index contributed by atoms with van der Waals surface area (Å²) in [5, 5.41) is 9.83. The van der Waals surface area contributed by atoms with E-state index >= 15 is 0 Å². The number of aromatic amines is 1. The van der Waals surface area contributed by atoms with E-state index in [1.165, 1.54) is 4.90 Å². The summed E-state index contributed by atoms with van der Waals surface area (Å²) in [6, 6.07) is 7.80. The highest BCUT2D eigenvalue weighted by Crippen LogP contribution is 2.22. The number of carboxylic acid groups (broad SMARTS) is 1. The number of aryl methyl sites for hydroxylation is 1. The van der Waals surface area contributed by atoms with Gasteiger partial charge in [-0.1, -0.05) is 18.2 Å². The molecule has 5 nitrogen and oxygen atoms in total. The molecule has 0 aliphatic rings. The van der Waals surface area contributed by atoms with E-state index in [0.717, 1.165) is 22.2 Å². The first-order chi connectivity index (χ1) is 9.52. The van der Waals surface area contributed by atoms with Crippen LogP contribution in [-0.2, 0) is 16.0 Å². The third kappa shape index (κ3) is 2.82. The zero-order valence-corrected chi connectivity index (χ0v) is 11.6. The molecule has 1 aromatic carbocycles. The van der Waals surface area contributed by atoms with Crippen LogP contribution in [0, 0.1) is 6.92 Å². The number of H-pyrrole nitrogens is 1. The van der Waals surface area contributed by atoms with Crippen molar-refractivity contribution in [1.82, 2.24) is 9.88 Å². The Hall–Kier alpha value is -2.30. The summed E-state index contributed by atoms with van der Waals surface area (Å²) >= 11 is 0. The molecule has 106 valence electrons. The standard InChI is InChI=1S/C15H18N2O3/c1-3-17(9-15(19)20)14(18)8-12-10(2)16-13-7-5-4-6-11(12)13/h4-7,16H,3,8-9H2,1-2H3,(H,19,20). The van der Waals surface area contributed by atoms with Gasteiger partial charge in [0.1, 0.15) is 6.54 Å². The average molecular weight is 274 g/mol. The van der Waals surface area contributed by atoms with Crippen molar-refractivity contribution >= 4 is 22.8 Å². The molecule has 0 saturated heterocycles. The first kappa shape index (κ1) is 14.1. The SMILES string of the molecule is CCN(CC(=O)O)C(=O)Cc1c(C)[nH]c2ccccc12. The molecule has 2 N–H and O–H groups in total. The number of aromatic nitrogens is 1. The van der Waals surface area contributed by atoms with Crippen molar-refractivity contribution < 1.29 is 14.7 Å². The number of rotatable bonds is 5. The maximum atomic E-state index is 12.2. The molecule has 20 heavy (non-hydrogen) atoms. The number of nitrogens with one attached hydrogen (secondary N) is 1. The molecule has 0 radical (unpaired) electrons. The number of hydrogen-bond donors (Lipinski definition) is 2. The van der Waals surface area contributed by atoms with Crippen LogP contribution in [-0.4, -0.2) is 40.0 Å². The Morgan fingerprint density at radius 3 is 2.65 bits per heavy atom. The van der Waals surface area contributed by atoms with Crippen LogP contribution in [0.2, 0.25) is 0 Å². The van der Waals surface area contributed by atoms with Crippen molar-refractivity contribution in [1.29, 1.82) is 0 Å². The maximum Gasteiger partial charge on any atom is 0.323 e. The third-order valence-corrected chi connectivity index (χ3v) is 3.42. The Bertz CT molecular complexity index is 646. The van der Waals surface area contributed by atoms with Crippen molar-refractivity contribution in [2.45, 2.75) is 20.3 Å². The lowest BCUT2D eigenvalue weighted by atomic mass is 10.1. The van der Waals surface area contributed by atoms with Crippen LogP contribution in [0.25, 0.3) is 10.9 Å². The van der Waals surface area contributed by atoms with E-state index in [1.807, 2.05) is 31.2 Å². The van der Waals surface area contributed by atoms with Gasteiger partial charge >= 0.3 is 5.97 Å². The van der Waals surface area contributed by atoms with Gasteiger partial charge in [0.05, 0.1) is 6.42 Å². The lowest BCUT2D eigenvalue weighted by Crippen LogP contribution is -2.36. The fourth-order valence-electron chi connectivity index (χ4n) is 2.37. The van der Waals surface area contributed by atoms with E-state index < -0.39 is 5.97 Å². The smallest absolute Gasteiger partial charge is 0.323 e. The third-order valence-electron chi connectivity index (χ3n) is 3.42. The quantitative estimate of drug-likeness (QED) is 0.875. The largest absolute Gasteiger partial charge is 0.480 e. The van der Waals surface area contributed by atoms with Gasteiger partial charge in [0, 0.05) is 23.1 Å². The van der Waals surface area contributed by atoms with Crippen LogP contribution in [0.1, 0.15) is 18.2 Å². The Labute approximate surface area is 117 Å². The Morgan fingerprint density at radius 2 is 2.00 bits per heavy atom. The molecule has 2 rings (SSSR count). The number of hydrogen-bond acceptors (Lipinski definition) is 2. The molecule has 0 bridgehead atoms. The molecule has 0 aliphatic heterocycles. The van der Waals surface area contributed by atoms with Crippen molar-refractivity contribution in [3.63, 3.8) is 0 Å². The van der Waals surface area contributed by atoms with Crippen molar-refractivity contribution in [3.05, 3.63) is 35.5 Å². The Kier molecular flexibility index (Phi) is 4.08. The molecule has 0 atom stereocenters. The monoisotopic (exact) mass is 274 g/mol. The summed E-state index contributed by atoms with van der Waals surface area (Å²) in [6.45, 7) is 3.85. The summed E-state index contributed by atoms with van der Waals surface area (Å²) in [5.74, 6) is -1.15. The predicted octanol–water partition coefficient (Wildman–Crippen LogP) is 1.95. The fourth-order valence-corrected chi connectivity index (χ4v) is 2.37. The molecule has 0 unspecified atom stereocenters. The van der Waals surface area contributed by atoms with E-state index in [2.05, 4.69) is 4.98 Å². The zero-order chi connectivity index (χ0) is 14.7. The van der Waals surface area contributed by atoms with Gasteiger partial charge in [-0.3, -0.25) is 9.59 Å². The molecular weight excluding hydrogens is 256 g/mol. The van der Waals surface area contributed by atoms with Gasteiger partial charge in [-0.05, 0) is 25.5 Å². The van der Waals surface area contributed by atoms with Gasteiger partial charge < -0.3 is 15.0 Å². The van der Waals surface area contributed by atoms with E-state index in [-0.39, 0.29) is 18.9 Å². The number of carbonyl (C=O) groups excluding carboxylic acids is 1. The number of nitrogens with zero attached hydrogens (tertiary/aromatic N) is 1. The molecule has 1 aromatic heterocycles. The number of aliphatic carboxylic acids is 1. The molecule has 0 aliphatic carbocycles. The number of fused-ring (bicyclic) bond motifs is 1. The minimum absolute atomic E-state index is 0.164. The Morgan fingerprint density at radius 1 is 1.30 bits per heavy atom. The van der Waals surface area contributed by atoms with Crippen LogP contribution < -0.4 is 0 Å². The fraction of sp³-hybridized carbons (Fsp3) is 0.333. The lowest BCUT2D eigenvalue weighted by Gasteiger charge is -2.18. The molecule has 1 heterocycles. The second-order valence-electron chi connectivity index (χ2n) is 4.75. The topological polar surface area (TPSA) is 73.4 Å². The summed E-state index contributed by atoms with van der Waals surface area (Å²) in [4.78, 5) is 27.6. The van der Waals surface area contributed by atoms with Gasteiger partial charge in [0.15, 0.2) is 0 Å². The number of para-hydroxylation sites is 1. The summed E-state index contributed by atoms with van der Waals surface area (Å²) in [7, 11) is 0. The molecule has 1 amide bonds. The highest BCUT2D eigenvalue weighted by atomic mass is 16.4. The maximum absolute atomic E-state index is 12.2. The number of carboxylic acids is 1. The van der Waals surface area contributed by atoms with Gasteiger partial charge in [-0.2, -0.15) is 0 Å². The lowest BCUT2D eigenvalue weighted by molar-refractivity contribution is -0.144. The molecule has 2 aromatic rings. The van der Waals surface area contributed by atoms with Crippen LogP contribution in [0.15, 0.2) is 24.3 Å². The number of carbonyl (C=O) groups is 2. The van der Waals surface area contributed by atoms with Gasteiger partial charge in [0.2, 0.25) is 5.91 Å². The average Bonchev–Trinajstić information content (AvgIpc) is 2.72. The molecule has 0 spiro atoms. The number of amides is 1. The van der Waals surface area contributed by atoms with Crippen LogP contribution >= 0.6 is 0 Å². The highest BCUT2D eigenvalue weighted by Gasteiger charge is 2.18. The second kappa shape index (κ2) is 5.77. The molecule has 0 fully saturated rings. The van der Waals surface area contributed by atoms with Gasteiger partial charge in [-0.15, -0.1) is 0 Å². The normalized spacial score (nSPS) is 10.7. The van der Waals surface area contributed by atoms with Gasteiger partial charge in [0.25, 0.3) is 0 Å². The van der Waals surface area contributed by atoms with Crippen molar-refractivity contribution in [2.24, 2.45) is 0 Å². The van der Waals surface area contributed by atoms with E-state index in [1.54, 1.807) is 6.92 Å². The molecule has 5 heteroatoms. The summed E-state index contributed by atoms with van der Waals surface area (Å²) < 4.78 is 0. The molecule has 0 saturated carbocycles. The number of benzene rings is 1. The van der Waals surface area contributed by atoms with E-state index in [9.17, 15) is 9.59 Å².